The third kappa shape index (κ3) is 2.20. The lowest BCUT2D eigenvalue weighted by Crippen LogP contribution is -2.32. The highest BCUT2D eigenvalue weighted by Gasteiger charge is 2.38. The molecule has 1 unspecified atom stereocenters. The van der Waals surface area contributed by atoms with Gasteiger partial charge in [-0.25, -0.2) is 9.37 Å². The molecule has 0 bridgehead atoms. The molecule has 1 saturated heterocycles. The van der Waals surface area contributed by atoms with E-state index in [1.165, 1.54) is 12.3 Å². The summed E-state index contributed by atoms with van der Waals surface area (Å²) < 4.78 is 18.4. The minimum absolute atomic E-state index is 0.0474. The highest BCUT2D eigenvalue weighted by Crippen LogP contribution is 2.32. The van der Waals surface area contributed by atoms with E-state index in [2.05, 4.69) is 15.0 Å². The Morgan fingerprint density at radius 1 is 1.55 bits per heavy atom. The number of carbonyl (C=O) groups excluding carboxylic acids is 1. The van der Waals surface area contributed by atoms with Crippen LogP contribution in [0, 0.1) is 5.82 Å². The fourth-order valence-corrected chi connectivity index (χ4v) is 2.56. The first kappa shape index (κ1) is 12.9. The van der Waals surface area contributed by atoms with Crippen molar-refractivity contribution in [3.05, 3.63) is 42.0 Å². The van der Waals surface area contributed by atoms with E-state index in [1.807, 2.05) is 0 Å². The van der Waals surface area contributed by atoms with Crippen molar-refractivity contribution in [1.82, 2.24) is 19.9 Å². The Morgan fingerprint density at radius 2 is 2.40 bits per heavy atom. The molecule has 2 atom stereocenters. The molecule has 6 nitrogen and oxygen atoms in total. The van der Waals surface area contributed by atoms with E-state index in [0.29, 0.717) is 18.8 Å². The smallest absolute Gasteiger partial charge is 0.271 e. The van der Waals surface area contributed by atoms with Crippen molar-refractivity contribution in [1.29, 1.82) is 0 Å². The maximum atomic E-state index is 13.0. The average molecular weight is 278 g/mol. The number of hydrogen-bond acceptors (Lipinski definition) is 3. The zero-order valence-corrected chi connectivity index (χ0v) is 11.0. The van der Waals surface area contributed by atoms with E-state index >= 15 is 0 Å². The summed E-state index contributed by atoms with van der Waals surface area (Å²) in [4.78, 5) is 24.0. The zero-order chi connectivity index (χ0) is 14.1. The fraction of sp³-hybridized carbons (Fsp3) is 0.385. The summed E-state index contributed by atoms with van der Waals surface area (Å²) in [6.45, 7) is 0.460. The second kappa shape index (κ2) is 5.09. The molecule has 0 aromatic carbocycles. The Kier molecular flexibility index (Phi) is 3.27. The van der Waals surface area contributed by atoms with Gasteiger partial charge in [-0.1, -0.05) is 0 Å². The summed E-state index contributed by atoms with van der Waals surface area (Å²) in [6.07, 6.45) is 5.14. The van der Waals surface area contributed by atoms with Gasteiger partial charge < -0.3 is 19.6 Å². The summed E-state index contributed by atoms with van der Waals surface area (Å²) in [5, 5.41) is 0. The molecule has 1 aliphatic heterocycles. The summed E-state index contributed by atoms with van der Waals surface area (Å²) in [7, 11) is 1.62. The third-order valence-corrected chi connectivity index (χ3v) is 3.57. The first-order chi connectivity index (χ1) is 9.69. The molecule has 0 saturated carbocycles. The van der Waals surface area contributed by atoms with Gasteiger partial charge in [-0.2, -0.15) is 0 Å². The number of hydrogen-bond donors (Lipinski definition) is 2. The molecule has 106 valence electrons. The first-order valence-corrected chi connectivity index (χ1v) is 6.36. The number of ether oxygens (including phenoxy) is 1. The van der Waals surface area contributed by atoms with Crippen LogP contribution in [0.15, 0.2) is 24.7 Å². The second-order valence-corrected chi connectivity index (χ2v) is 4.77. The van der Waals surface area contributed by atoms with Gasteiger partial charge in [0.25, 0.3) is 5.91 Å². The van der Waals surface area contributed by atoms with Crippen LogP contribution in [0.4, 0.5) is 4.39 Å². The van der Waals surface area contributed by atoms with E-state index in [9.17, 15) is 9.18 Å². The van der Waals surface area contributed by atoms with Crippen LogP contribution in [0.3, 0.4) is 0 Å². The lowest BCUT2D eigenvalue weighted by Gasteiger charge is -2.22. The minimum atomic E-state index is -0.453. The Bertz CT molecular complexity index is 595. The number of likely N-dealkylation sites (tertiary alicyclic amines) is 1. The Hall–Kier alpha value is -2.15. The van der Waals surface area contributed by atoms with Gasteiger partial charge in [0.1, 0.15) is 17.3 Å². The molecule has 2 N–H and O–H groups in total. The molecule has 2 aromatic rings. The molecule has 7 heteroatoms. The summed E-state index contributed by atoms with van der Waals surface area (Å²) >= 11 is 0. The van der Waals surface area contributed by atoms with Crippen molar-refractivity contribution in [3.63, 3.8) is 0 Å². The van der Waals surface area contributed by atoms with Crippen molar-refractivity contribution < 1.29 is 13.9 Å². The van der Waals surface area contributed by atoms with Gasteiger partial charge in [0.05, 0.1) is 12.1 Å². The summed E-state index contributed by atoms with van der Waals surface area (Å²) in [6, 6.07) is 1.01. The highest BCUT2D eigenvalue weighted by atomic mass is 19.1. The maximum Gasteiger partial charge on any atom is 0.271 e. The van der Waals surface area contributed by atoms with Crippen LogP contribution < -0.4 is 0 Å². The van der Waals surface area contributed by atoms with Crippen molar-refractivity contribution >= 4 is 5.91 Å². The van der Waals surface area contributed by atoms with E-state index in [0.717, 1.165) is 0 Å². The van der Waals surface area contributed by atoms with Crippen LogP contribution >= 0.6 is 0 Å². The zero-order valence-electron chi connectivity index (χ0n) is 11.0. The van der Waals surface area contributed by atoms with E-state index < -0.39 is 5.82 Å². The molecule has 2 aromatic heterocycles. The first-order valence-electron chi connectivity index (χ1n) is 6.36. The fourth-order valence-electron chi connectivity index (χ4n) is 2.56. The second-order valence-electron chi connectivity index (χ2n) is 4.77. The van der Waals surface area contributed by atoms with Crippen LogP contribution in [0.5, 0.6) is 0 Å². The molecule has 0 spiro atoms. The van der Waals surface area contributed by atoms with Gasteiger partial charge in [-0.15, -0.1) is 0 Å². The average Bonchev–Trinajstić information content (AvgIpc) is 3.17. The largest absolute Gasteiger partial charge is 0.380 e. The number of rotatable bonds is 3. The number of methoxy groups -OCH3 is 1. The van der Waals surface area contributed by atoms with Gasteiger partial charge in [0, 0.05) is 44.7 Å². The number of nitrogens with one attached hydrogen (secondary N) is 2. The topological polar surface area (TPSA) is 74.0 Å². The van der Waals surface area contributed by atoms with Crippen molar-refractivity contribution in [2.75, 3.05) is 13.7 Å². The number of aromatic amines is 2. The molecular formula is C13H15FN4O2. The quantitative estimate of drug-likeness (QED) is 0.893. The number of carbonyl (C=O) groups is 1. The number of H-pyrrole nitrogens is 2. The number of amides is 1. The Balaban J connectivity index is 1.87. The van der Waals surface area contributed by atoms with Gasteiger partial charge in [0.2, 0.25) is 0 Å². The van der Waals surface area contributed by atoms with Gasteiger partial charge in [0.15, 0.2) is 0 Å². The maximum absolute atomic E-state index is 13.0. The summed E-state index contributed by atoms with van der Waals surface area (Å²) in [5.74, 6) is 0.00478. The van der Waals surface area contributed by atoms with E-state index in [1.54, 1.807) is 24.4 Å². The number of imidazole rings is 1. The number of nitrogens with zero attached hydrogens (tertiary/aromatic N) is 2. The summed E-state index contributed by atoms with van der Waals surface area (Å²) in [5.41, 5.74) is 0.232. The molecule has 20 heavy (non-hydrogen) atoms. The lowest BCUT2D eigenvalue weighted by molar-refractivity contribution is 0.0679. The lowest BCUT2D eigenvalue weighted by atomic mass is 10.2. The predicted molar refractivity (Wildman–Crippen MR) is 68.5 cm³/mol. The molecule has 0 aliphatic carbocycles. The molecular weight excluding hydrogens is 263 g/mol. The third-order valence-electron chi connectivity index (χ3n) is 3.57. The van der Waals surface area contributed by atoms with Crippen LogP contribution in [0.2, 0.25) is 0 Å². The number of halogens is 1. The highest BCUT2D eigenvalue weighted by molar-refractivity contribution is 5.93. The van der Waals surface area contributed by atoms with Gasteiger partial charge >= 0.3 is 0 Å². The van der Waals surface area contributed by atoms with Crippen LogP contribution in [-0.4, -0.2) is 45.5 Å². The van der Waals surface area contributed by atoms with Gasteiger partial charge in [-0.05, 0) is 0 Å². The van der Waals surface area contributed by atoms with Crippen molar-refractivity contribution in [2.24, 2.45) is 0 Å². The Labute approximate surface area is 115 Å². The standard InChI is InChI=1S/C13H15FN4O2/c1-20-9-5-11(12-15-2-3-16-12)18(7-9)13(19)10-4-8(14)6-17-10/h2-4,6,9,11,17H,5,7H2,1H3,(H,15,16)/t9-,11?/m1/s1. The monoisotopic (exact) mass is 278 g/mol. The molecule has 1 aliphatic rings. The van der Waals surface area contributed by atoms with Gasteiger partial charge in [-0.3, -0.25) is 4.79 Å². The minimum Gasteiger partial charge on any atom is -0.380 e. The molecule has 3 rings (SSSR count). The Morgan fingerprint density at radius 3 is 3.00 bits per heavy atom. The predicted octanol–water partition coefficient (Wildman–Crippen LogP) is 1.48. The SMILES string of the molecule is CO[C@@H]1CC(c2ncc[nH]2)N(C(=O)c2cc(F)c[nH]2)C1. The van der Waals surface area contributed by atoms with E-state index in [4.69, 9.17) is 4.74 Å². The molecule has 1 fully saturated rings. The normalized spacial score (nSPS) is 22.4. The molecule has 3 heterocycles. The molecule has 0 radical (unpaired) electrons. The van der Waals surface area contributed by atoms with Crippen molar-refractivity contribution in [2.45, 2.75) is 18.6 Å². The van der Waals surface area contributed by atoms with E-state index in [-0.39, 0.29) is 23.7 Å². The number of aromatic nitrogens is 3. The van der Waals surface area contributed by atoms with Crippen LogP contribution in [0.1, 0.15) is 28.8 Å². The molecule has 1 amide bonds. The van der Waals surface area contributed by atoms with Crippen molar-refractivity contribution in [3.8, 4) is 0 Å². The van der Waals surface area contributed by atoms with Crippen LogP contribution in [0.25, 0.3) is 0 Å². The van der Waals surface area contributed by atoms with Crippen LogP contribution in [-0.2, 0) is 4.74 Å².